The second-order valence-corrected chi connectivity index (χ2v) is 6.55. The fraction of sp³-hybridized carbons (Fsp3) is 0.474. The minimum atomic E-state index is -0.128. The highest BCUT2D eigenvalue weighted by Gasteiger charge is 2.28. The highest BCUT2D eigenvalue weighted by atomic mass is 19.1. The quantitative estimate of drug-likeness (QED) is 0.826. The van der Waals surface area contributed by atoms with Gasteiger partial charge in [-0.3, -0.25) is 9.59 Å². The van der Waals surface area contributed by atoms with Gasteiger partial charge in [-0.1, -0.05) is 6.92 Å². The van der Waals surface area contributed by atoms with Crippen LogP contribution in [0.25, 0.3) is 0 Å². The molecule has 0 radical (unpaired) electrons. The first-order chi connectivity index (χ1) is 12.1. The molecule has 1 aliphatic heterocycles. The first-order valence-electron chi connectivity index (χ1n) is 8.73. The Balaban J connectivity index is 1.62. The number of benzene rings is 1. The third-order valence-electron chi connectivity index (χ3n) is 4.55. The van der Waals surface area contributed by atoms with E-state index in [2.05, 4.69) is 5.32 Å². The van der Waals surface area contributed by atoms with Crippen molar-refractivity contribution < 1.29 is 18.7 Å². The van der Waals surface area contributed by atoms with Crippen LogP contribution in [0.15, 0.2) is 30.1 Å². The van der Waals surface area contributed by atoms with E-state index in [0.29, 0.717) is 48.6 Å². The molecule has 25 heavy (non-hydrogen) atoms. The summed E-state index contributed by atoms with van der Waals surface area (Å²) in [6, 6.07) is 5.57. The van der Waals surface area contributed by atoms with Gasteiger partial charge in [0, 0.05) is 18.2 Å². The van der Waals surface area contributed by atoms with E-state index in [-0.39, 0.29) is 25.0 Å². The molecule has 1 fully saturated rings. The van der Waals surface area contributed by atoms with Crippen LogP contribution in [0.3, 0.4) is 0 Å². The van der Waals surface area contributed by atoms with Gasteiger partial charge in [0.1, 0.15) is 12.4 Å². The van der Waals surface area contributed by atoms with Crippen molar-refractivity contribution in [2.45, 2.75) is 38.6 Å². The molecule has 1 N–H and O–H groups in total. The lowest BCUT2D eigenvalue weighted by molar-refractivity contribution is -0.122. The molecular weight excluding hydrogens is 323 g/mol. The smallest absolute Gasteiger partial charge is 0.254 e. The van der Waals surface area contributed by atoms with Gasteiger partial charge in [-0.05, 0) is 55.0 Å². The Morgan fingerprint density at radius 1 is 1.44 bits per heavy atom. The van der Waals surface area contributed by atoms with E-state index >= 15 is 0 Å². The molecule has 134 valence electrons. The number of amides is 2. The van der Waals surface area contributed by atoms with E-state index in [0.717, 1.165) is 18.4 Å². The summed E-state index contributed by atoms with van der Waals surface area (Å²) in [4.78, 5) is 26.1. The van der Waals surface area contributed by atoms with Gasteiger partial charge in [0.05, 0.1) is 12.9 Å². The summed E-state index contributed by atoms with van der Waals surface area (Å²) in [6.45, 7) is 2.69. The maximum atomic E-state index is 12.6. The Labute approximate surface area is 146 Å². The van der Waals surface area contributed by atoms with Crippen molar-refractivity contribution in [2.75, 3.05) is 19.7 Å². The van der Waals surface area contributed by atoms with Crippen LogP contribution in [0.5, 0.6) is 5.75 Å². The highest BCUT2D eigenvalue weighted by Crippen LogP contribution is 2.24. The second kappa shape index (κ2) is 7.68. The predicted octanol–water partition coefficient (Wildman–Crippen LogP) is 2.61. The first-order valence-corrected chi connectivity index (χ1v) is 8.73. The number of hydrogen-bond donors (Lipinski definition) is 1. The van der Waals surface area contributed by atoms with Crippen LogP contribution in [-0.4, -0.2) is 42.5 Å². The Morgan fingerprint density at radius 2 is 2.24 bits per heavy atom. The monoisotopic (exact) mass is 346 g/mol. The van der Waals surface area contributed by atoms with E-state index in [1.165, 1.54) is 0 Å². The lowest BCUT2D eigenvalue weighted by Crippen LogP contribution is -2.44. The van der Waals surface area contributed by atoms with Crippen LogP contribution in [0.2, 0.25) is 0 Å². The van der Waals surface area contributed by atoms with Crippen molar-refractivity contribution >= 4 is 11.8 Å². The molecule has 0 aromatic heterocycles. The van der Waals surface area contributed by atoms with Gasteiger partial charge < -0.3 is 15.0 Å². The Morgan fingerprint density at radius 3 is 2.92 bits per heavy atom. The topological polar surface area (TPSA) is 58.6 Å². The van der Waals surface area contributed by atoms with Crippen molar-refractivity contribution in [2.24, 2.45) is 0 Å². The van der Waals surface area contributed by atoms with Crippen LogP contribution < -0.4 is 10.1 Å². The maximum Gasteiger partial charge on any atom is 0.254 e. The SMILES string of the molecule is CC/C(=C\F)COc1ccc2c(c1)CCN(CC(=O)NC1CC1)C2=O. The zero-order valence-corrected chi connectivity index (χ0v) is 14.4. The van der Waals surface area contributed by atoms with Gasteiger partial charge in [-0.2, -0.15) is 0 Å². The number of ether oxygens (including phenoxy) is 1. The molecule has 5 nitrogen and oxygen atoms in total. The molecule has 0 bridgehead atoms. The molecule has 2 aliphatic rings. The summed E-state index contributed by atoms with van der Waals surface area (Å²) < 4.78 is 18.2. The molecule has 1 aromatic rings. The average Bonchev–Trinajstić information content (AvgIpc) is 3.42. The number of halogens is 1. The summed E-state index contributed by atoms with van der Waals surface area (Å²) in [5.74, 6) is 0.403. The standard InChI is InChI=1S/C19H23FN2O3/c1-2-13(10-20)12-25-16-5-6-17-14(9-16)7-8-22(19(17)24)11-18(23)21-15-3-4-15/h5-6,9-10,15H,2-4,7-8,11-12H2,1H3,(H,21,23)/b13-10+. The Hall–Kier alpha value is -2.37. The fourth-order valence-electron chi connectivity index (χ4n) is 2.81. The number of nitrogens with zero attached hydrogens (tertiary/aromatic N) is 1. The Kier molecular flexibility index (Phi) is 5.36. The van der Waals surface area contributed by atoms with Crippen molar-refractivity contribution in [3.05, 3.63) is 41.2 Å². The minimum Gasteiger partial charge on any atom is -0.489 e. The third kappa shape index (κ3) is 4.38. The molecule has 0 spiro atoms. The second-order valence-electron chi connectivity index (χ2n) is 6.55. The van der Waals surface area contributed by atoms with E-state index < -0.39 is 0 Å². The summed E-state index contributed by atoms with van der Waals surface area (Å²) in [5.41, 5.74) is 2.10. The largest absolute Gasteiger partial charge is 0.489 e. The summed E-state index contributed by atoms with van der Waals surface area (Å²) in [6.07, 6.45) is 3.91. The van der Waals surface area contributed by atoms with Gasteiger partial charge in [-0.25, -0.2) is 4.39 Å². The van der Waals surface area contributed by atoms with Crippen molar-refractivity contribution in [1.82, 2.24) is 10.2 Å². The first kappa shape index (κ1) is 17.5. The van der Waals surface area contributed by atoms with Gasteiger partial charge in [0.15, 0.2) is 0 Å². The molecular formula is C19H23FN2O3. The zero-order valence-electron chi connectivity index (χ0n) is 14.4. The van der Waals surface area contributed by atoms with Crippen molar-refractivity contribution in [1.29, 1.82) is 0 Å². The molecule has 0 saturated heterocycles. The number of fused-ring (bicyclic) bond motifs is 1. The summed E-state index contributed by atoms with van der Waals surface area (Å²) in [7, 11) is 0. The summed E-state index contributed by atoms with van der Waals surface area (Å²) in [5, 5.41) is 2.90. The van der Waals surface area contributed by atoms with E-state index in [9.17, 15) is 14.0 Å². The third-order valence-corrected chi connectivity index (χ3v) is 4.55. The van der Waals surface area contributed by atoms with Crippen LogP contribution in [0.4, 0.5) is 4.39 Å². The van der Waals surface area contributed by atoms with Gasteiger partial charge in [0.25, 0.3) is 5.91 Å². The predicted molar refractivity (Wildman–Crippen MR) is 92.2 cm³/mol. The minimum absolute atomic E-state index is 0.0932. The van der Waals surface area contributed by atoms with E-state index in [1.807, 2.05) is 13.0 Å². The molecule has 3 rings (SSSR count). The molecule has 1 saturated carbocycles. The summed E-state index contributed by atoms with van der Waals surface area (Å²) >= 11 is 0. The average molecular weight is 346 g/mol. The van der Waals surface area contributed by atoms with Crippen molar-refractivity contribution in [3.8, 4) is 5.75 Å². The maximum absolute atomic E-state index is 12.6. The van der Waals surface area contributed by atoms with Crippen LogP contribution in [0, 0.1) is 0 Å². The van der Waals surface area contributed by atoms with E-state index in [1.54, 1.807) is 17.0 Å². The highest BCUT2D eigenvalue weighted by molar-refractivity contribution is 5.98. The molecule has 1 aliphatic carbocycles. The van der Waals surface area contributed by atoms with E-state index in [4.69, 9.17) is 4.74 Å². The Bertz CT molecular complexity index is 698. The fourth-order valence-corrected chi connectivity index (χ4v) is 2.81. The van der Waals surface area contributed by atoms with Gasteiger partial charge >= 0.3 is 0 Å². The van der Waals surface area contributed by atoms with Crippen LogP contribution in [-0.2, 0) is 11.2 Å². The number of hydrogen-bond acceptors (Lipinski definition) is 3. The number of rotatable bonds is 7. The van der Waals surface area contributed by atoms with Crippen molar-refractivity contribution in [3.63, 3.8) is 0 Å². The molecule has 1 heterocycles. The van der Waals surface area contributed by atoms with Crippen LogP contribution >= 0.6 is 0 Å². The lowest BCUT2D eigenvalue weighted by Gasteiger charge is -2.28. The molecule has 2 amide bonds. The molecule has 6 heteroatoms. The molecule has 1 aromatic carbocycles. The zero-order chi connectivity index (χ0) is 17.8. The number of carbonyl (C=O) groups excluding carboxylic acids is 2. The van der Waals surface area contributed by atoms with Gasteiger partial charge in [-0.15, -0.1) is 0 Å². The lowest BCUT2D eigenvalue weighted by atomic mass is 9.98. The normalized spacial score (nSPS) is 17.3. The molecule has 0 unspecified atom stereocenters. The molecule has 0 atom stereocenters. The number of carbonyl (C=O) groups is 2. The number of nitrogens with one attached hydrogen (secondary N) is 1. The van der Waals surface area contributed by atoms with Gasteiger partial charge in [0.2, 0.25) is 5.91 Å². The van der Waals surface area contributed by atoms with Crippen LogP contribution in [0.1, 0.15) is 42.1 Å².